The highest BCUT2D eigenvalue weighted by Gasteiger charge is 2.05. The molecule has 1 aromatic rings. The predicted octanol–water partition coefficient (Wildman–Crippen LogP) is 1.47. The summed E-state index contributed by atoms with van der Waals surface area (Å²) in [5.41, 5.74) is 0.772. The molecule has 0 saturated carbocycles. The van der Waals surface area contributed by atoms with E-state index in [-0.39, 0.29) is 25.3 Å². The van der Waals surface area contributed by atoms with E-state index < -0.39 is 25.0 Å². The third-order valence-electron chi connectivity index (χ3n) is 2.40. The first-order valence-corrected chi connectivity index (χ1v) is 6.19. The summed E-state index contributed by atoms with van der Waals surface area (Å²) in [6.45, 7) is -0.407. The fourth-order valence-corrected chi connectivity index (χ4v) is 1.47. The molecule has 3 N–H and O–H groups in total. The van der Waals surface area contributed by atoms with Crippen LogP contribution in [0.3, 0.4) is 0 Å². The smallest absolute Gasteiger partial charge is 0.335 e. The highest BCUT2D eigenvalue weighted by atomic mass is 19.3. The summed E-state index contributed by atoms with van der Waals surface area (Å²) in [4.78, 5) is 22.2. The van der Waals surface area contributed by atoms with Crippen LogP contribution >= 0.6 is 0 Å². The Morgan fingerprint density at radius 2 is 2.05 bits per heavy atom. The van der Waals surface area contributed by atoms with Gasteiger partial charge in [-0.25, -0.2) is 18.4 Å². The second kappa shape index (κ2) is 8.85. The first kappa shape index (κ1) is 16.8. The van der Waals surface area contributed by atoms with E-state index in [1.54, 1.807) is 12.1 Å². The van der Waals surface area contributed by atoms with Gasteiger partial charge in [-0.05, 0) is 17.7 Å². The fourth-order valence-electron chi connectivity index (χ4n) is 1.47. The molecule has 0 radical (unpaired) electrons. The molecule has 8 heteroatoms. The normalized spacial score (nSPS) is 10.4. The largest absolute Gasteiger partial charge is 0.478 e. The van der Waals surface area contributed by atoms with Crippen LogP contribution in [0.1, 0.15) is 15.9 Å². The molecule has 0 aromatic heterocycles. The number of ether oxygens (including phenoxy) is 1. The van der Waals surface area contributed by atoms with Crippen LogP contribution in [-0.2, 0) is 11.3 Å². The average molecular weight is 302 g/mol. The monoisotopic (exact) mass is 302 g/mol. The Morgan fingerprint density at radius 3 is 2.71 bits per heavy atom. The van der Waals surface area contributed by atoms with E-state index in [1.165, 1.54) is 12.1 Å². The molecule has 0 heterocycles. The Morgan fingerprint density at radius 1 is 1.29 bits per heavy atom. The summed E-state index contributed by atoms with van der Waals surface area (Å²) in [5, 5.41) is 13.8. The zero-order valence-electron chi connectivity index (χ0n) is 11.1. The number of halogens is 2. The Labute approximate surface area is 120 Å². The number of amides is 2. The molecule has 116 valence electrons. The number of benzene rings is 1. The SMILES string of the molecule is O=C(NCCOCC(F)F)NCc1cccc(C(=O)O)c1. The summed E-state index contributed by atoms with van der Waals surface area (Å²) in [6.07, 6.45) is -2.53. The summed E-state index contributed by atoms with van der Waals surface area (Å²) in [6, 6.07) is 5.67. The lowest BCUT2D eigenvalue weighted by atomic mass is 10.1. The standard InChI is InChI=1S/C13H16F2N2O4/c14-11(15)8-21-5-4-16-13(20)17-7-9-2-1-3-10(6-9)12(18)19/h1-3,6,11H,4-5,7-8H2,(H,18,19)(H2,16,17,20). The minimum atomic E-state index is -2.53. The van der Waals surface area contributed by atoms with Crippen molar-refractivity contribution in [2.75, 3.05) is 19.8 Å². The van der Waals surface area contributed by atoms with Crippen LogP contribution in [0, 0.1) is 0 Å². The van der Waals surface area contributed by atoms with Gasteiger partial charge in [0.25, 0.3) is 6.43 Å². The minimum absolute atomic E-state index is 0.00768. The molecule has 2 amide bonds. The van der Waals surface area contributed by atoms with Gasteiger partial charge in [-0.3, -0.25) is 0 Å². The van der Waals surface area contributed by atoms with Crippen LogP contribution in [0.25, 0.3) is 0 Å². The van der Waals surface area contributed by atoms with Crippen molar-refractivity contribution in [1.82, 2.24) is 10.6 Å². The Bertz CT molecular complexity index is 483. The van der Waals surface area contributed by atoms with Crippen LogP contribution in [0.4, 0.5) is 13.6 Å². The third-order valence-corrected chi connectivity index (χ3v) is 2.40. The molecule has 1 aromatic carbocycles. The maximum atomic E-state index is 11.8. The van der Waals surface area contributed by atoms with E-state index in [2.05, 4.69) is 15.4 Å². The third kappa shape index (κ3) is 7.21. The number of aromatic carboxylic acids is 1. The zero-order chi connectivity index (χ0) is 15.7. The molecule has 0 aliphatic rings. The molecule has 6 nitrogen and oxygen atoms in total. The molecule has 0 aliphatic heterocycles. The number of alkyl halides is 2. The van der Waals surface area contributed by atoms with Crippen LogP contribution in [-0.4, -0.2) is 43.3 Å². The van der Waals surface area contributed by atoms with Crippen LogP contribution in [0.15, 0.2) is 24.3 Å². The van der Waals surface area contributed by atoms with Crippen LogP contribution in [0.5, 0.6) is 0 Å². The summed E-state index contributed by atoms with van der Waals surface area (Å²) >= 11 is 0. The molecule has 0 aliphatic carbocycles. The number of carboxylic acids is 1. The van der Waals surface area contributed by atoms with E-state index >= 15 is 0 Å². The van der Waals surface area contributed by atoms with Gasteiger partial charge in [0.05, 0.1) is 12.2 Å². The topological polar surface area (TPSA) is 87.7 Å². The summed E-state index contributed by atoms with van der Waals surface area (Å²) in [5.74, 6) is -1.04. The van der Waals surface area contributed by atoms with Gasteiger partial charge >= 0.3 is 12.0 Å². The van der Waals surface area contributed by atoms with E-state index in [0.717, 1.165) is 0 Å². The number of hydrogen-bond acceptors (Lipinski definition) is 3. The molecule has 21 heavy (non-hydrogen) atoms. The molecule has 0 saturated heterocycles. The number of urea groups is 1. The fraction of sp³-hybridized carbons (Fsp3) is 0.385. The van der Waals surface area contributed by atoms with Crippen LogP contribution < -0.4 is 10.6 Å². The molecular formula is C13H16F2N2O4. The molecule has 0 unspecified atom stereocenters. The Hall–Kier alpha value is -2.22. The lowest BCUT2D eigenvalue weighted by Gasteiger charge is -2.08. The van der Waals surface area contributed by atoms with Crippen molar-refractivity contribution >= 4 is 12.0 Å². The first-order valence-electron chi connectivity index (χ1n) is 6.19. The summed E-state index contributed by atoms with van der Waals surface area (Å²) in [7, 11) is 0. The first-order chi connectivity index (χ1) is 9.99. The van der Waals surface area contributed by atoms with Gasteiger partial charge in [0.2, 0.25) is 0 Å². The van der Waals surface area contributed by atoms with E-state index in [9.17, 15) is 18.4 Å². The Balaban J connectivity index is 2.24. The van der Waals surface area contributed by atoms with E-state index in [4.69, 9.17) is 5.11 Å². The quantitative estimate of drug-likeness (QED) is 0.635. The highest BCUT2D eigenvalue weighted by molar-refractivity contribution is 5.87. The molecule has 0 spiro atoms. The maximum Gasteiger partial charge on any atom is 0.335 e. The van der Waals surface area contributed by atoms with Crippen molar-refractivity contribution in [3.63, 3.8) is 0 Å². The molecule has 0 bridgehead atoms. The van der Waals surface area contributed by atoms with Gasteiger partial charge in [0, 0.05) is 13.1 Å². The number of rotatable bonds is 8. The number of nitrogens with one attached hydrogen (secondary N) is 2. The lowest BCUT2D eigenvalue weighted by molar-refractivity contribution is 0.0193. The minimum Gasteiger partial charge on any atom is -0.478 e. The van der Waals surface area contributed by atoms with Gasteiger partial charge in [0.1, 0.15) is 6.61 Å². The number of carbonyl (C=O) groups is 2. The van der Waals surface area contributed by atoms with Gasteiger partial charge in [-0.15, -0.1) is 0 Å². The van der Waals surface area contributed by atoms with Crippen LogP contribution in [0.2, 0.25) is 0 Å². The van der Waals surface area contributed by atoms with E-state index in [0.29, 0.717) is 5.56 Å². The second-order valence-electron chi connectivity index (χ2n) is 4.08. The average Bonchev–Trinajstić information content (AvgIpc) is 2.44. The van der Waals surface area contributed by atoms with Crippen molar-refractivity contribution in [3.8, 4) is 0 Å². The highest BCUT2D eigenvalue weighted by Crippen LogP contribution is 2.04. The van der Waals surface area contributed by atoms with Crippen molar-refractivity contribution < 1.29 is 28.2 Å². The number of hydrogen-bond donors (Lipinski definition) is 3. The van der Waals surface area contributed by atoms with Crippen molar-refractivity contribution in [2.24, 2.45) is 0 Å². The predicted molar refractivity (Wildman–Crippen MR) is 70.5 cm³/mol. The zero-order valence-corrected chi connectivity index (χ0v) is 11.1. The van der Waals surface area contributed by atoms with Crippen molar-refractivity contribution in [3.05, 3.63) is 35.4 Å². The molecule has 1 rings (SSSR count). The molecule has 0 fully saturated rings. The summed E-state index contributed by atoms with van der Waals surface area (Å²) < 4.78 is 28.1. The van der Waals surface area contributed by atoms with E-state index in [1.807, 2.05) is 0 Å². The van der Waals surface area contributed by atoms with Gasteiger partial charge < -0.3 is 20.5 Å². The van der Waals surface area contributed by atoms with Gasteiger partial charge in [-0.2, -0.15) is 0 Å². The Kier molecular flexibility index (Phi) is 7.10. The number of carboxylic acid groups (broad SMARTS) is 1. The number of carbonyl (C=O) groups excluding carboxylic acids is 1. The van der Waals surface area contributed by atoms with Gasteiger partial charge in [-0.1, -0.05) is 12.1 Å². The van der Waals surface area contributed by atoms with Gasteiger partial charge in [0.15, 0.2) is 0 Å². The van der Waals surface area contributed by atoms with Crippen molar-refractivity contribution in [2.45, 2.75) is 13.0 Å². The maximum absolute atomic E-state index is 11.8. The molecular weight excluding hydrogens is 286 g/mol. The van der Waals surface area contributed by atoms with Crippen molar-refractivity contribution in [1.29, 1.82) is 0 Å². The lowest BCUT2D eigenvalue weighted by Crippen LogP contribution is -2.37. The second-order valence-corrected chi connectivity index (χ2v) is 4.08. The molecule has 0 atom stereocenters.